The number of amides is 1. The van der Waals surface area contributed by atoms with Crippen molar-refractivity contribution in [2.45, 2.75) is 6.92 Å². The first-order valence-electron chi connectivity index (χ1n) is 8.55. The number of hydrogen-bond donors (Lipinski definition) is 1. The Bertz CT molecular complexity index is 1260. The highest BCUT2D eigenvalue weighted by Crippen LogP contribution is 2.22. The molecule has 0 bridgehead atoms. The molecular formula is C21H15ClN4O2. The van der Waals surface area contributed by atoms with Crippen LogP contribution in [-0.4, -0.2) is 20.7 Å². The lowest BCUT2D eigenvalue weighted by atomic mass is 10.2. The Morgan fingerprint density at radius 2 is 1.89 bits per heavy atom. The third-order valence-corrected chi connectivity index (χ3v) is 4.62. The van der Waals surface area contributed by atoms with Gasteiger partial charge < -0.3 is 5.32 Å². The number of carbonyl (C=O) groups is 1. The van der Waals surface area contributed by atoms with E-state index in [1.807, 2.05) is 18.2 Å². The summed E-state index contributed by atoms with van der Waals surface area (Å²) >= 11 is 6.25. The first kappa shape index (κ1) is 17.9. The van der Waals surface area contributed by atoms with Crippen molar-refractivity contribution in [1.29, 1.82) is 0 Å². The van der Waals surface area contributed by atoms with Gasteiger partial charge in [-0.1, -0.05) is 29.8 Å². The van der Waals surface area contributed by atoms with E-state index < -0.39 is 11.3 Å². The fraction of sp³-hybridized carbons (Fsp3) is 0.0476. The van der Waals surface area contributed by atoms with Crippen LogP contribution in [0.4, 0.5) is 5.69 Å². The van der Waals surface area contributed by atoms with Gasteiger partial charge in [-0.3, -0.25) is 14.6 Å². The van der Waals surface area contributed by atoms with Crippen LogP contribution < -0.4 is 10.7 Å². The topological polar surface area (TPSA) is 76.9 Å². The van der Waals surface area contributed by atoms with E-state index in [2.05, 4.69) is 15.4 Å². The van der Waals surface area contributed by atoms with Crippen LogP contribution in [0.5, 0.6) is 0 Å². The first-order chi connectivity index (χ1) is 13.5. The molecule has 7 heteroatoms. The minimum absolute atomic E-state index is 0.216. The number of carbonyl (C=O) groups excluding carboxylic acids is 1. The summed E-state index contributed by atoms with van der Waals surface area (Å²) in [4.78, 5) is 29.5. The van der Waals surface area contributed by atoms with Crippen LogP contribution in [0.2, 0.25) is 5.02 Å². The third kappa shape index (κ3) is 3.25. The lowest BCUT2D eigenvalue weighted by Crippen LogP contribution is -2.27. The lowest BCUT2D eigenvalue weighted by Gasteiger charge is -2.13. The summed E-state index contributed by atoms with van der Waals surface area (Å²) in [6, 6.07) is 17.5. The zero-order valence-electron chi connectivity index (χ0n) is 14.9. The number of benzene rings is 2. The minimum Gasteiger partial charge on any atom is -0.320 e. The van der Waals surface area contributed by atoms with E-state index in [1.165, 1.54) is 10.7 Å². The molecule has 0 unspecified atom stereocenters. The molecule has 0 fully saturated rings. The van der Waals surface area contributed by atoms with Crippen molar-refractivity contribution in [2.24, 2.45) is 0 Å². The molecule has 0 saturated heterocycles. The molecule has 0 saturated carbocycles. The second kappa shape index (κ2) is 7.25. The second-order valence-electron chi connectivity index (χ2n) is 6.19. The predicted octanol–water partition coefficient (Wildman–Crippen LogP) is 3.99. The molecule has 0 radical (unpaired) electrons. The van der Waals surface area contributed by atoms with Crippen LogP contribution in [0.25, 0.3) is 16.6 Å². The van der Waals surface area contributed by atoms with Gasteiger partial charge in [-0.2, -0.15) is 5.10 Å². The number of nitrogens with one attached hydrogen (secondary N) is 1. The monoisotopic (exact) mass is 390 g/mol. The number of halogens is 1. The van der Waals surface area contributed by atoms with Crippen LogP contribution in [0.15, 0.2) is 71.7 Å². The second-order valence-corrected chi connectivity index (χ2v) is 6.60. The summed E-state index contributed by atoms with van der Waals surface area (Å²) < 4.78 is 1.49. The highest BCUT2D eigenvalue weighted by Gasteiger charge is 2.17. The maximum absolute atomic E-state index is 12.8. The molecule has 2 heterocycles. The van der Waals surface area contributed by atoms with Gasteiger partial charge in [-0.25, -0.2) is 4.68 Å². The Labute approximate surface area is 165 Å². The van der Waals surface area contributed by atoms with Gasteiger partial charge in [-0.15, -0.1) is 0 Å². The zero-order valence-corrected chi connectivity index (χ0v) is 15.6. The maximum Gasteiger partial charge on any atom is 0.280 e. The fourth-order valence-electron chi connectivity index (χ4n) is 2.97. The number of pyridine rings is 1. The molecule has 1 N–H and O–H groups in total. The first-order valence-corrected chi connectivity index (χ1v) is 8.93. The van der Waals surface area contributed by atoms with E-state index in [0.29, 0.717) is 22.1 Å². The molecule has 0 atom stereocenters. The van der Waals surface area contributed by atoms with E-state index in [0.717, 1.165) is 10.9 Å². The van der Waals surface area contributed by atoms with Crippen LogP contribution in [0.3, 0.4) is 0 Å². The standard InChI is InChI=1S/C21H15ClN4O2/c1-13-12-19(27)20(25-26(13)18-10-3-2-7-15(18)22)21(28)24-17-9-4-8-16-14(17)6-5-11-23-16/h2-12H,1H3,(H,24,28). The number of para-hydroxylation sites is 1. The smallest absolute Gasteiger partial charge is 0.280 e. The molecule has 4 aromatic rings. The predicted molar refractivity (Wildman–Crippen MR) is 109 cm³/mol. The fourth-order valence-corrected chi connectivity index (χ4v) is 3.18. The normalized spacial score (nSPS) is 10.8. The van der Waals surface area contributed by atoms with Gasteiger partial charge in [0.25, 0.3) is 5.91 Å². The Morgan fingerprint density at radius 3 is 2.71 bits per heavy atom. The Kier molecular flexibility index (Phi) is 4.63. The van der Waals surface area contributed by atoms with E-state index >= 15 is 0 Å². The molecule has 28 heavy (non-hydrogen) atoms. The molecule has 2 aromatic heterocycles. The highest BCUT2D eigenvalue weighted by molar-refractivity contribution is 6.32. The van der Waals surface area contributed by atoms with Crippen LogP contribution in [0.1, 0.15) is 16.2 Å². The summed E-state index contributed by atoms with van der Waals surface area (Å²) in [5, 5.41) is 8.28. The largest absolute Gasteiger partial charge is 0.320 e. The van der Waals surface area contributed by atoms with Crippen molar-refractivity contribution in [2.75, 3.05) is 5.32 Å². The molecular weight excluding hydrogens is 376 g/mol. The summed E-state index contributed by atoms with van der Waals surface area (Å²) in [6.07, 6.45) is 1.68. The molecule has 4 rings (SSSR count). The van der Waals surface area contributed by atoms with Gasteiger partial charge in [0.2, 0.25) is 5.43 Å². The molecule has 2 aromatic carbocycles. The number of fused-ring (bicyclic) bond motifs is 1. The van der Waals surface area contributed by atoms with E-state index in [9.17, 15) is 9.59 Å². The van der Waals surface area contributed by atoms with Crippen molar-refractivity contribution < 1.29 is 4.79 Å². The van der Waals surface area contributed by atoms with Crippen molar-refractivity contribution in [3.05, 3.63) is 93.5 Å². The zero-order chi connectivity index (χ0) is 19.7. The van der Waals surface area contributed by atoms with Gasteiger partial charge >= 0.3 is 0 Å². The molecule has 1 amide bonds. The summed E-state index contributed by atoms with van der Waals surface area (Å²) in [5.41, 5.74) is 1.78. The molecule has 0 aliphatic rings. The van der Waals surface area contributed by atoms with Gasteiger partial charge in [0.05, 0.1) is 21.9 Å². The summed E-state index contributed by atoms with van der Waals surface area (Å²) in [6.45, 7) is 1.73. The van der Waals surface area contributed by atoms with Crippen molar-refractivity contribution in [3.63, 3.8) is 0 Å². The van der Waals surface area contributed by atoms with E-state index in [1.54, 1.807) is 49.5 Å². The Morgan fingerprint density at radius 1 is 1.07 bits per heavy atom. The Balaban J connectivity index is 1.77. The quantitative estimate of drug-likeness (QED) is 0.573. The summed E-state index contributed by atoms with van der Waals surface area (Å²) in [7, 11) is 0. The van der Waals surface area contributed by atoms with Gasteiger partial charge in [-0.05, 0) is 43.3 Å². The Hall–Kier alpha value is -3.51. The van der Waals surface area contributed by atoms with Crippen molar-refractivity contribution in [3.8, 4) is 5.69 Å². The number of anilines is 1. The van der Waals surface area contributed by atoms with Gasteiger partial charge in [0, 0.05) is 23.3 Å². The average molecular weight is 391 g/mol. The van der Waals surface area contributed by atoms with Gasteiger partial charge in [0.15, 0.2) is 5.69 Å². The van der Waals surface area contributed by atoms with Crippen molar-refractivity contribution in [1.82, 2.24) is 14.8 Å². The van der Waals surface area contributed by atoms with Crippen LogP contribution in [-0.2, 0) is 0 Å². The number of hydrogen-bond acceptors (Lipinski definition) is 4. The van der Waals surface area contributed by atoms with E-state index in [4.69, 9.17) is 11.6 Å². The molecule has 0 spiro atoms. The number of aromatic nitrogens is 3. The maximum atomic E-state index is 12.8. The highest BCUT2D eigenvalue weighted by atomic mass is 35.5. The van der Waals surface area contributed by atoms with E-state index in [-0.39, 0.29) is 5.69 Å². The van der Waals surface area contributed by atoms with Crippen LogP contribution in [0, 0.1) is 6.92 Å². The number of aryl methyl sites for hydroxylation is 1. The molecule has 0 aliphatic carbocycles. The minimum atomic E-state index is -0.595. The summed E-state index contributed by atoms with van der Waals surface area (Å²) in [5.74, 6) is -0.595. The third-order valence-electron chi connectivity index (χ3n) is 4.30. The molecule has 6 nitrogen and oxygen atoms in total. The SMILES string of the molecule is Cc1cc(=O)c(C(=O)Nc2cccc3ncccc23)nn1-c1ccccc1Cl. The molecule has 138 valence electrons. The van der Waals surface area contributed by atoms with Crippen LogP contribution >= 0.6 is 11.6 Å². The lowest BCUT2D eigenvalue weighted by molar-refractivity contribution is 0.101. The number of rotatable bonds is 3. The number of nitrogens with zero attached hydrogens (tertiary/aromatic N) is 3. The molecule has 0 aliphatic heterocycles. The average Bonchev–Trinajstić information content (AvgIpc) is 2.69. The van der Waals surface area contributed by atoms with Crippen molar-refractivity contribution >= 4 is 34.1 Å². The van der Waals surface area contributed by atoms with Gasteiger partial charge in [0.1, 0.15) is 0 Å².